The number of pyridine rings is 2. The predicted molar refractivity (Wildman–Crippen MR) is 85.6 cm³/mol. The van der Waals surface area contributed by atoms with Gasteiger partial charge in [0.05, 0.1) is 18.2 Å². The zero-order chi connectivity index (χ0) is 16.2. The second-order valence-corrected chi connectivity index (χ2v) is 5.49. The number of carbonyl (C=O) groups is 1. The maximum atomic E-state index is 12.4. The lowest BCUT2D eigenvalue weighted by atomic mass is 9.91. The summed E-state index contributed by atoms with van der Waals surface area (Å²) in [7, 11) is 0. The number of hydrogen-bond acceptors (Lipinski definition) is 4. The third kappa shape index (κ3) is 3.41. The highest BCUT2D eigenvalue weighted by atomic mass is 16.5. The Kier molecular flexibility index (Phi) is 4.41. The van der Waals surface area contributed by atoms with Crippen molar-refractivity contribution in [2.75, 3.05) is 6.61 Å². The highest BCUT2D eigenvalue weighted by Crippen LogP contribution is 2.27. The van der Waals surface area contributed by atoms with Crippen molar-refractivity contribution >= 4 is 5.91 Å². The average molecular weight is 313 g/mol. The van der Waals surface area contributed by atoms with Gasteiger partial charge in [-0.1, -0.05) is 0 Å². The first kappa shape index (κ1) is 15.3. The molecule has 0 radical (unpaired) electrons. The first-order valence-electron chi connectivity index (χ1n) is 7.79. The summed E-state index contributed by atoms with van der Waals surface area (Å²) >= 11 is 0. The van der Waals surface area contributed by atoms with Crippen LogP contribution in [0, 0.1) is 0 Å². The van der Waals surface area contributed by atoms with Gasteiger partial charge in [0.15, 0.2) is 0 Å². The molecule has 1 atom stereocenters. The summed E-state index contributed by atoms with van der Waals surface area (Å²) < 4.78 is 5.27. The van der Waals surface area contributed by atoms with E-state index < -0.39 is 0 Å². The van der Waals surface area contributed by atoms with Crippen LogP contribution in [0.4, 0.5) is 0 Å². The molecule has 0 spiro atoms. The van der Waals surface area contributed by atoms with Gasteiger partial charge >= 0.3 is 0 Å². The Hall–Kier alpha value is -2.63. The molecule has 0 aliphatic heterocycles. The molecule has 23 heavy (non-hydrogen) atoms. The van der Waals surface area contributed by atoms with E-state index in [2.05, 4.69) is 15.3 Å². The largest absolute Gasteiger partial charge is 0.478 e. The Morgan fingerprint density at radius 2 is 2.26 bits per heavy atom. The topological polar surface area (TPSA) is 84.1 Å². The second-order valence-electron chi connectivity index (χ2n) is 5.49. The van der Waals surface area contributed by atoms with E-state index in [1.165, 1.54) is 12.3 Å². The molecule has 1 amide bonds. The number of nitrogens with one attached hydrogen (secondary N) is 2. The van der Waals surface area contributed by atoms with Gasteiger partial charge in [-0.3, -0.25) is 9.59 Å². The fraction of sp³-hybridized carbons (Fsp3) is 0.353. The van der Waals surface area contributed by atoms with Crippen LogP contribution < -0.4 is 15.6 Å². The fourth-order valence-electron chi connectivity index (χ4n) is 2.84. The predicted octanol–water partition coefficient (Wildman–Crippen LogP) is 1.98. The number of H-pyrrole nitrogens is 1. The molecule has 2 heterocycles. The Bertz CT molecular complexity index is 752. The van der Waals surface area contributed by atoms with Gasteiger partial charge in [-0.05, 0) is 43.9 Å². The highest BCUT2D eigenvalue weighted by Gasteiger charge is 2.23. The van der Waals surface area contributed by atoms with E-state index in [1.807, 2.05) is 6.92 Å². The zero-order valence-electron chi connectivity index (χ0n) is 13.0. The van der Waals surface area contributed by atoms with Gasteiger partial charge in [-0.25, -0.2) is 4.98 Å². The Balaban J connectivity index is 1.75. The molecular weight excluding hydrogens is 294 g/mol. The first-order chi connectivity index (χ1) is 11.2. The smallest absolute Gasteiger partial charge is 0.253 e. The summed E-state index contributed by atoms with van der Waals surface area (Å²) in [5.74, 6) is 0.328. The second kappa shape index (κ2) is 6.64. The van der Waals surface area contributed by atoms with Gasteiger partial charge < -0.3 is 15.0 Å². The van der Waals surface area contributed by atoms with Gasteiger partial charge in [0.2, 0.25) is 11.4 Å². The Morgan fingerprint density at radius 1 is 1.39 bits per heavy atom. The maximum Gasteiger partial charge on any atom is 0.253 e. The van der Waals surface area contributed by atoms with Crippen molar-refractivity contribution in [3.63, 3.8) is 0 Å². The van der Waals surface area contributed by atoms with E-state index >= 15 is 0 Å². The summed E-state index contributed by atoms with van der Waals surface area (Å²) in [6, 6.07) is 6.60. The van der Waals surface area contributed by atoms with E-state index in [0.717, 1.165) is 30.5 Å². The van der Waals surface area contributed by atoms with E-state index in [0.29, 0.717) is 18.1 Å². The minimum absolute atomic E-state index is 0.0883. The van der Waals surface area contributed by atoms with Crippen molar-refractivity contribution in [1.29, 1.82) is 0 Å². The number of aromatic amines is 1. The summed E-state index contributed by atoms with van der Waals surface area (Å²) in [6.45, 7) is 2.42. The van der Waals surface area contributed by atoms with E-state index in [1.54, 1.807) is 18.2 Å². The number of hydrogen-bond donors (Lipinski definition) is 2. The lowest BCUT2D eigenvalue weighted by molar-refractivity contribution is 0.0932. The number of amides is 1. The summed E-state index contributed by atoms with van der Waals surface area (Å²) in [6.07, 6.45) is 4.13. The molecule has 2 aromatic rings. The average Bonchev–Trinajstić information content (AvgIpc) is 2.55. The first-order valence-corrected chi connectivity index (χ1v) is 7.79. The van der Waals surface area contributed by atoms with Crippen LogP contribution in [0.5, 0.6) is 5.88 Å². The molecule has 0 saturated carbocycles. The molecule has 6 heteroatoms. The summed E-state index contributed by atoms with van der Waals surface area (Å²) in [5, 5.41) is 3.02. The van der Waals surface area contributed by atoms with Crippen molar-refractivity contribution in [2.45, 2.75) is 32.2 Å². The minimum atomic E-state index is -0.176. The van der Waals surface area contributed by atoms with Crippen LogP contribution in [0.25, 0.3) is 0 Å². The molecule has 2 aromatic heterocycles. The van der Waals surface area contributed by atoms with Crippen LogP contribution >= 0.6 is 0 Å². The van der Waals surface area contributed by atoms with Gasteiger partial charge in [0, 0.05) is 24.0 Å². The van der Waals surface area contributed by atoms with Crippen LogP contribution in [-0.2, 0) is 6.42 Å². The third-order valence-electron chi connectivity index (χ3n) is 3.93. The number of aromatic nitrogens is 2. The van der Waals surface area contributed by atoms with Crippen LogP contribution in [0.15, 0.2) is 35.3 Å². The normalized spacial score (nSPS) is 16.5. The molecule has 1 aliphatic rings. The molecule has 0 fully saturated rings. The van der Waals surface area contributed by atoms with E-state index in [4.69, 9.17) is 4.74 Å². The van der Waals surface area contributed by atoms with Crippen LogP contribution in [-0.4, -0.2) is 22.5 Å². The van der Waals surface area contributed by atoms with Crippen molar-refractivity contribution in [3.05, 3.63) is 57.6 Å². The number of nitrogens with zero attached hydrogens (tertiary/aromatic N) is 1. The van der Waals surface area contributed by atoms with Crippen molar-refractivity contribution in [3.8, 4) is 5.88 Å². The van der Waals surface area contributed by atoms with Crippen LogP contribution in [0.3, 0.4) is 0 Å². The summed E-state index contributed by atoms with van der Waals surface area (Å²) in [5.41, 5.74) is 2.29. The molecule has 0 aromatic carbocycles. The summed E-state index contributed by atoms with van der Waals surface area (Å²) in [4.78, 5) is 30.8. The standard InChI is InChI=1S/C17H19N3O3/c1-2-23-16-9-6-11(10-18-16)17(22)20-14-5-3-4-13-12(14)7-8-15(21)19-13/h6-10,14H,2-5H2,1H3,(H,19,21)(H,20,22)/t14-/m1/s1. The monoisotopic (exact) mass is 313 g/mol. The zero-order valence-corrected chi connectivity index (χ0v) is 13.0. The molecule has 0 unspecified atom stereocenters. The highest BCUT2D eigenvalue weighted by molar-refractivity contribution is 5.94. The van der Waals surface area contributed by atoms with Gasteiger partial charge in [-0.2, -0.15) is 0 Å². The van der Waals surface area contributed by atoms with Gasteiger partial charge in [-0.15, -0.1) is 0 Å². The molecule has 0 saturated heterocycles. The maximum absolute atomic E-state index is 12.4. The molecule has 0 bridgehead atoms. The van der Waals surface area contributed by atoms with Gasteiger partial charge in [0.25, 0.3) is 5.91 Å². The van der Waals surface area contributed by atoms with Crippen molar-refractivity contribution < 1.29 is 9.53 Å². The molecule has 3 rings (SSSR count). The number of rotatable bonds is 4. The lowest BCUT2D eigenvalue weighted by Crippen LogP contribution is -2.32. The lowest BCUT2D eigenvalue weighted by Gasteiger charge is -2.25. The Morgan fingerprint density at radius 3 is 3.00 bits per heavy atom. The molecule has 1 aliphatic carbocycles. The van der Waals surface area contributed by atoms with Crippen LogP contribution in [0.1, 0.15) is 47.4 Å². The molecule has 6 nitrogen and oxygen atoms in total. The Labute approximate surface area is 133 Å². The molecular formula is C17H19N3O3. The number of ether oxygens (including phenoxy) is 1. The number of aryl methyl sites for hydroxylation is 1. The van der Waals surface area contributed by atoms with Crippen molar-refractivity contribution in [2.24, 2.45) is 0 Å². The van der Waals surface area contributed by atoms with Crippen molar-refractivity contribution in [1.82, 2.24) is 15.3 Å². The SMILES string of the molecule is CCOc1ccc(C(=O)N[C@@H]2CCCc3[nH]c(=O)ccc32)cn1. The number of carbonyl (C=O) groups excluding carboxylic acids is 1. The van der Waals surface area contributed by atoms with E-state index in [9.17, 15) is 9.59 Å². The van der Waals surface area contributed by atoms with Gasteiger partial charge in [0.1, 0.15) is 0 Å². The third-order valence-corrected chi connectivity index (χ3v) is 3.93. The van der Waals surface area contributed by atoms with Crippen LogP contribution in [0.2, 0.25) is 0 Å². The minimum Gasteiger partial charge on any atom is -0.478 e. The fourth-order valence-corrected chi connectivity index (χ4v) is 2.84. The molecule has 2 N–H and O–H groups in total. The van der Waals surface area contributed by atoms with E-state index in [-0.39, 0.29) is 17.5 Å². The molecule has 120 valence electrons. The number of fused-ring (bicyclic) bond motifs is 1. The quantitative estimate of drug-likeness (QED) is 0.904.